The molecular formula is C12H16O2. The second kappa shape index (κ2) is 4.80. The summed E-state index contributed by atoms with van der Waals surface area (Å²) >= 11 is 0. The first-order valence-electron chi connectivity index (χ1n) is 4.79. The summed E-state index contributed by atoms with van der Waals surface area (Å²) in [6.45, 7) is 4.32. The molecule has 0 saturated carbocycles. The molecule has 0 heterocycles. The molecule has 2 heteroatoms. The molecule has 2 nitrogen and oxygen atoms in total. The minimum Gasteiger partial charge on any atom is -0.496 e. The third kappa shape index (κ3) is 2.59. The van der Waals surface area contributed by atoms with Crippen molar-refractivity contribution in [1.82, 2.24) is 0 Å². The molecule has 0 N–H and O–H groups in total. The van der Waals surface area contributed by atoms with Crippen molar-refractivity contribution in [1.29, 1.82) is 0 Å². The molecule has 0 aliphatic carbocycles. The van der Waals surface area contributed by atoms with Crippen molar-refractivity contribution >= 4 is 6.29 Å². The Labute approximate surface area is 84.9 Å². The smallest absolute Gasteiger partial charge is 0.153 e. The molecule has 0 bridgehead atoms. The summed E-state index contributed by atoms with van der Waals surface area (Å²) in [5.41, 5.74) is 1.81. The van der Waals surface area contributed by atoms with Crippen molar-refractivity contribution in [3.63, 3.8) is 0 Å². The van der Waals surface area contributed by atoms with Gasteiger partial charge in [-0.05, 0) is 30.0 Å². The lowest BCUT2D eigenvalue weighted by molar-refractivity contribution is 0.112. The zero-order valence-electron chi connectivity index (χ0n) is 8.91. The minimum atomic E-state index is 0.600. The van der Waals surface area contributed by atoms with Crippen molar-refractivity contribution < 1.29 is 9.53 Å². The predicted octanol–water partition coefficient (Wildman–Crippen LogP) is 2.71. The van der Waals surface area contributed by atoms with Gasteiger partial charge in [-0.3, -0.25) is 4.79 Å². The van der Waals surface area contributed by atoms with Crippen molar-refractivity contribution in [3.05, 3.63) is 29.3 Å². The highest BCUT2D eigenvalue weighted by Gasteiger charge is 2.04. The third-order valence-electron chi connectivity index (χ3n) is 2.07. The van der Waals surface area contributed by atoms with Crippen LogP contribution in [-0.4, -0.2) is 13.4 Å². The highest BCUT2D eigenvalue weighted by Crippen LogP contribution is 2.19. The average molecular weight is 192 g/mol. The van der Waals surface area contributed by atoms with Crippen LogP contribution in [0.3, 0.4) is 0 Å². The summed E-state index contributed by atoms with van der Waals surface area (Å²) in [7, 11) is 1.57. The van der Waals surface area contributed by atoms with E-state index in [2.05, 4.69) is 13.8 Å². The molecule has 1 rings (SSSR count). The van der Waals surface area contributed by atoms with Gasteiger partial charge in [0.15, 0.2) is 6.29 Å². The van der Waals surface area contributed by atoms with E-state index in [0.29, 0.717) is 17.2 Å². The molecular weight excluding hydrogens is 176 g/mol. The van der Waals surface area contributed by atoms with E-state index in [9.17, 15) is 4.79 Å². The Morgan fingerprint density at radius 2 is 2.14 bits per heavy atom. The van der Waals surface area contributed by atoms with E-state index in [4.69, 9.17) is 4.74 Å². The van der Waals surface area contributed by atoms with Gasteiger partial charge in [-0.2, -0.15) is 0 Å². The van der Waals surface area contributed by atoms with Gasteiger partial charge < -0.3 is 4.74 Å². The molecule has 1 aromatic rings. The lowest BCUT2D eigenvalue weighted by atomic mass is 10.0. The Balaban J connectivity index is 2.95. The normalized spacial score (nSPS) is 10.3. The van der Waals surface area contributed by atoms with E-state index in [1.807, 2.05) is 18.2 Å². The Morgan fingerprint density at radius 1 is 1.43 bits per heavy atom. The predicted molar refractivity (Wildman–Crippen MR) is 56.9 cm³/mol. The van der Waals surface area contributed by atoms with Gasteiger partial charge in [0.25, 0.3) is 0 Å². The number of rotatable bonds is 4. The average Bonchev–Trinajstić information content (AvgIpc) is 2.16. The SMILES string of the molecule is COc1ccc(CC(C)C)cc1C=O. The molecule has 0 saturated heterocycles. The van der Waals surface area contributed by atoms with Gasteiger partial charge in [0.1, 0.15) is 5.75 Å². The number of ether oxygens (including phenoxy) is 1. The maximum Gasteiger partial charge on any atom is 0.153 e. The third-order valence-corrected chi connectivity index (χ3v) is 2.07. The Kier molecular flexibility index (Phi) is 3.69. The van der Waals surface area contributed by atoms with E-state index < -0.39 is 0 Å². The quantitative estimate of drug-likeness (QED) is 0.685. The second-order valence-electron chi connectivity index (χ2n) is 3.79. The summed E-state index contributed by atoms with van der Waals surface area (Å²) in [6, 6.07) is 5.75. The highest BCUT2D eigenvalue weighted by molar-refractivity contribution is 5.79. The number of aldehydes is 1. The van der Waals surface area contributed by atoms with Crippen LogP contribution in [0.4, 0.5) is 0 Å². The van der Waals surface area contributed by atoms with E-state index in [1.165, 1.54) is 5.56 Å². The van der Waals surface area contributed by atoms with Crippen LogP contribution in [0.2, 0.25) is 0 Å². The van der Waals surface area contributed by atoms with E-state index in [-0.39, 0.29) is 0 Å². The Hall–Kier alpha value is -1.31. The summed E-state index contributed by atoms with van der Waals surface area (Å²) < 4.78 is 5.06. The first-order chi connectivity index (χ1) is 6.67. The fourth-order valence-electron chi connectivity index (χ4n) is 1.47. The van der Waals surface area contributed by atoms with Gasteiger partial charge >= 0.3 is 0 Å². The van der Waals surface area contributed by atoms with Crippen molar-refractivity contribution in [3.8, 4) is 5.75 Å². The van der Waals surface area contributed by atoms with Crippen LogP contribution in [0, 0.1) is 5.92 Å². The molecule has 0 spiro atoms. The highest BCUT2D eigenvalue weighted by atomic mass is 16.5. The van der Waals surface area contributed by atoms with Gasteiger partial charge in [0.05, 0.1) is 12.7 Å². The van der Waals surface area contributed by atoms with Gasteiger partial charge in [0, 0.05) is 0 Å². The Bertz CT molecular complexity index is 316. The number of benzene rings is 1. The van der Waals surface area contributed by atoms with Crippen LogP contribution in [0.5, 0.6) is 5.75 Å². The summed E-state index contributed by atoms with van der Waals surface area (Å²) in [4.78, 5) is 10.7. The van der Waals surface area contributed by atoms with Crippen molar-refractivity contribution in [2.75, 3.05) is 7.11 Å². The maximum atomic E-state index is 10.7. The van der Waals surface area contributed by atoms with Crippen LogP contribution in [0.25, 0.3) is 0 Å². The molecule has 0 unspecified atom stereocenters. The zero-order valence-corrected chi connectivity index (χ0v) is 8.91. The Morgan fingerprint density at radius 3 is 2.64 bits per heavy atom. The monoisotopic (exact) mass is 192 g/mol. The van der Waals surface area contributed by atoms with Crippen LogP contribution >= 0.6 is 0 Å². The molecule has 14 heavy (non-hydrogen) atoms. The van der Waals surface area contributed by atoms with Gasteiger partial charge in [0.2, 0.25) is 0 Å². The molecule has 0 fully saturated rings. The summed E-state index contributed by atoms with van der Waals surface area (Å²) in [6.07, 6.45) is 1.83. The number of hydrogen-bond donors (Lipinski definition) is 0. The van der Waals surface area contributed by atoms with Gasteiger partial charge in [-0.1, -0.05) is 19.9 Å². The lowest BCUT2D eigenvalue weighted by Gasteiger charge is -2.08. The first-order valence-corrected chi connectivity index (χ1v) is 4.79. The molecule has 0 radical (unpaired) electrons. The van der Waals surface area contributed by atoms with Crippen LogP contribution < -0.4 is 4.74 Å². The molecule has 1 aromatic carbocycles. The topological polar surface area (TPSA) is 26.3 Å². The van der Waals surface area contributed by atoms with Crippen LogP contribution in [0.15, 0.2) is 18.2 Å². The number of methoxy groups -OCH3 is 1. The van der Waals surface area contributed by atoms with Crippen molar-refractivity contribution in [2.45, 2.75) is 20.3 Å². The molecule has 76 valence electrons. The number of carbonyl (C=O) groups excluding carboxylic acids is 1. The fourth-order valence-corrected chi connectivity index (χ4v) is 1.47. The fraction of sp³-hybridized carbons (Fsp3) is 0.417. The molecule has 0 atom stereocenters. The van der Waals surface area contributed by atoms with Crippen LogP contribution in [0.1, 0.15) is 29.8 Å². The van der Waals surface area contributed by atoms with Gasteiger partial charge in [-0.15, -0.1) is 0 Å². The van der Waals surface area contributed by atoms with E-state index in [0.717, 1.165) is 12.7 Å². The second-order valence-corrected chi connectivity index (χ2v) is 3.79. The zero-order chi connectivity index (χ0) is 10.6. The first kappa shape index (κ1) is 10.8. The van der Waals surface area contributed by atoms with Gasteiger partial charge in [-0.25, -0.2) is 0 Å². The minimum absolute atomic E-state index is 0.600. The molecule has 0 aromatic heterocycles. The molecule has 0 aliphatic rings. The van der Waals surface area contributed by atoms with Crippen molar-refractivity contribution in [2.24, 2.45) is 5.92 Å². The maximum absolute atomic E-state index is 10.7. The summed E-state index contributed by atoms with van der Waals surface area (Å²) in [5, 5.41) is 0. The largest absolute Gasteiger partial charge is 0.496 e. The number of carbonyl (C=O) groups is 1. The lowest BCUT2D eigenvalue weighted by Crippen LogP contribution is -1.97. The number of hydrogen-bond acceptors (Lipinski definition) is 2. The molecule has 0 aliphatic heterocycles. The standard InChI is InChI=1S/C12H16O2/c1-9(2)6-10-4-5-12(14-3)11(7-10)8-13/h4-5,7-9H,6H2,1-3H3. The van der Waals surface area contributed by atoms with Crippen LogP contribution in [-0.2, 0) is 6.42 Å². The van der Waals surface area contributed by atoms with E-state index in [1.54, 1.807) is 7.11 Å². The summed E-state index contributed by atoms with van der Waals surface area (Å²) in [5.74, 6) is 1.25. The molecule has 0 amide bonds. The van der Waals surface area contributed by atoms with E-state index >= 15 is 0 Å².